The summed E-state index contributed by atoms with van der Waals surface area (Å²) in [5, 5.41) is 0. The van der Waals surface area contributed by atoms with Crippen LogP contribution in [-0.4, -0.2) is 36.7 Å². The van der Waals surface area contributed by atoms with Crippen LogP contribution in [0, 0.1) is 0 Å². The van der Waals surface area contributed by atoms with Gasteiger partial charge in [-0.2, -0.15) is 0 Å². The number of hydrogen-bond donors (Lipinski definition) is 0. The van der Waals surface area contributed by atoms with Crippen LogP contribution in [0.2, 0.25) is 0 Å². The molecule has 138 valence electrons. The van der Waals surface area contributed by atoms with Crippen LogP contribution in [0.1, 0.15) is 51.4 Å². The molecule has 24 heavy (non-hydrogen) atoms. The number of rotatable bonds is 17. The van der Waals surface area contributed by atoms with Crippen molar-refractivity contribution in [2.45, 2.75) is 51.4 Å². The number of unbranched alkanes of at least 4 members (excludes halogenated alkanes) is 6. The lowest BCUT2D eigenvalue weighted by Crippen LogP contribution is -2.01. The third-order valence-electron chi connectivity index (χ3n) is 3.15. The number of carbonyl (C=O) groups excluding carboxylic acids is 2. The molecule has 0 saturated heterocycles. The summed E-state index contributed by atoms with van der Waals surface area (Å²) in [6.45, 7) is 7.71. The maximum Gasteiger partial charge on any atom is 0.330 e. The number of hydrogen-bond acceptors (Lipinski definition) is 6. The summed E-state index contributed by atoms with van der Waals surface area (Å²) in [6, 6.07) is 0. The molecule has 0 unspecified atom stereocenters. The molecule has 6 heteroatoms. The van der Waals surface area contributed by atoms with Crippen molar-refractivity contribution >= 4 is 33.5 Å². The van der Waals surface area contributed by atoms with Crippen molar-refractivity contribution < 1.29 is 19.1 Å². The summed E-state index contributed by atoms with van der Waals surface area (Å²) in [7, 11) is 3.88. The van der Waals surface area contributed by atoms with E-state index in [1.807, 2.05) is 21.6 Å². The molecule has 0 aromatic carbocycles. The Morgan fingerprint density at radius 2 is 1.04 bits per heavy atom. The highest BCUT2D eigenvalue weighted by atomic mass is 33.1. The van der Waals surface area contributed by atoms with Gasteiger partial charge in [-0.1, -0.05) is 60.4 Å². The second kappa shape index (κ2) is 18.5. The Labute approximate surface area is 154 Å². The minimum Gasteiger partial charge on any atom is -0.463 e. The van der Waals surface area contributed by atoms with Gasteiger partial charge in [0.2, 0.25) is 0 Å². The minimum atomic E-state index is -0.334. The largest absolute Gasteiger partial charge is 0.463 e. The maximum atomic E-state index is 10.8. The van der Waals surface area contributed by atoms with Crippen LogP contribution in [0.4, 0.5) is 0 Å². The van der Waals surface area contributed by atoms with Crippen molar-refractivity contribution in [1.29, 1.82) is 0 Å². The van der Waals surface area contributed by atoms with E-state index in [9.17, 15) is 9.59 Å². The highest BCUT2D eigenvalue weighted by Crippen LogP contribution is 2.24. The van der Waals surface area contributed by atoms with Crippen molar-refractivity contribution in [2.75, 3.05) is 24.7 Å². The van der Waals surface area contributed by atoms with Crippen LogP contribution in [-0.2, 0) is 19.1 Å². The van der Waals surface area contributed by atoms with E-state index in [0.29, 0.717) is 13.2 Å². The fraction of sp³-hybridized carbons (Fsp3) is 0.667. The van der Waals surface area contributed by atoms with Crippen LogP contribution in [0.25, 0.3) is 0 Å². The highest BCUT2D eigenvalue weighted by Gasteiger charge is 1.97. The molecule has 0 radical (unpaired) electrons. The monoisotopic (exact) mass is 374 g/mol. The molecule has 0 bridgehead atoms. The molecule has 0 heterocycles. The Balaban J connectivity index is 3.07. The Hall–Kier alpha value is -0.880. The second-order valence-electron chi connectivity index (χ2n) is 5.22. The zero-order valence-electron chi connectivity index (χ0n) is 14.5. The molecule has 0 amide bonds. The van der Waals surface area contributed by atoms with Crippen molar-refractivity contribution in [3.8, 4) is 0 Å². The quantitative estimate of drug-likeness (QED) is 0.155. The minimum absolute atomic E-state index is 0.334. The summed E-state index contributed by atoms with van der Waals surface area (Å²) in [6.07, 6.45) is 11.3. The van der Waals surface area contributed by atoms with E-state index in [-0.39, 0.29) is 11.9 Å². The molecule has 0 aliphatic rings. The SMILES string of the molecule is C=CC(=O)OCCCCCCSSCCCCCCOC(=O)C=C. The van der Waals surface area contributed by atoms with Gasteiger partial charge in [0.1, 0.15) is 0 Å². The normalized spacial score (nSPS) is 10.2. The maximum absolute atomic E-state index is 10.8. The molecular weight excluding hydrogens is 344 g/mol. The topological polar surface area (TPSA) is 52.6 Å². The highest BCUT2D eigenvalue weighted by molar-refractivity contribution is 8.76. The summed E-state index contributed by atoms with van der Waals surface area (Å²) < 4.78 is 9.84. The summed E-state index contributed by atoms with van der Waals surface area (Å²) >= 11 is 0. The lowest BCUT2D eigenvalue weighted by molar-refractivity contribution is -0.138. The molecule has 0 atom stereocenters. The predicted octanol–water partition coefficient (Wildman–Crippen LogP) is 4.95. The molecule has 0 saturated carbocycles. The summed E-state index contributed by atoms with van der Waals surface area (Å²) in [4.78, 5) is 21.6. The number of ether oxygens (including phenoxy) is 2. The second-order valence-corrected chi connectivity index (χ2v) is 7.92. The third-order valence-corrected chi connectivity index (χ3v) is 5.73. The van der Waals surface area contributed by atoms with E-state index >= 15 is 0 Å². The molecular formula is C18H30O4S2. The molecule has 4 nitrogen and oxygen atoms in total. The molecule has 0 aromatic rings. The van der Waals surface area contributed by atoms with E-state index in [2.05, 4.69) is 13.2 Å². The van der Waals surface area contributed by atoms with Crippen LogP contribution in [0.15, 0.2) is 25.3 Å². The van der Waals surface area contributed by atoms with Gasteiger partial charge in [0.05, 0.1) is 13.2 Å². The van der Waals surface area contributed by atoms with Crippen LogP contribution in [0.5, 0.6) is 0 Å². The van der Waals surface area contributed by atoms with Crippen molar-refractivity contribution in [3.63, 3.8) is 0 Å². The summed E-state index contributed by atoms with van der Waals surface area (Å²) in [5.41, 5.74) is 0. The van der Waals surface area contributed by atoms with Crippen LogP contribution >= 0.6 is 21.6 Å². The van der Waals surface area contributed by atoms with Crippen LogP contribution < -0.4 is 0 Å². The first kappa shape index (κ1) is 23.1. The Kier molecular flexibility index (Phi) is 17.8. The molecule has 0 aliphatic carbocycles. The fourth-order valence-electron chi connectivity index (χ4n) is 1.81. The molecule has 0 spiro atoms. The number of esters is 2. The zero-order valence-corrected chi connectivity index (χ0v) is 16.1. The Morgan fingerprint density at radius 1 is 0.667 bits per heavy atom. The first-order valence-electron chi connectivity index (χ1n) is 8.53. The van der Waals surface area contributed by atoms with E-state index in [4.69, 9.17) is 9.47 Å². The molecule has 0 rings (SSSR count). The van der Waals surface area contributed by atoms with E-state index < -0.39 is 0 Å². The van der Waals surface area contributed by atoms with Gasteiger partial charge in [0, 0.05) is 23.7 Å². The van der Waals surface area contributed by atoms with Gasteiger partial charge in [0.15, 0.2) is 0 Å². The smallest absolute Gasteiger partial charge is 0.330 e. The standard InChI is InChI=1S/C18H30O4S2/c1-3-17(19)21-13-9-5-7-11-15-23-24-16-12-8-6-10-14-22-18(20)4-2/h3-4H,1-2,5-16H2. The van der Waals surface area contributed by atoms with Crippen molar-refractivity contribution in [1.82, 2.24) is 0 Å². The predicted molar refractivity (Wildman–Crippen MR) is 104 cm³/mol. The molecule has 0 aromatic heterocycles. The molecule has 0 aliphatic heterocycles. The Bertz CT molecular complexity index is 325. The lowest BCUT2D eigenvalue weighted by atomic mass is 10.2. The summed E-state index contributed by atoms with van der Waals surface area (Å²) in [5.74, 6) is 1.68. The molecule has 0 N–H and O–H groups in total. The van der Waals surface area contributed by atoms with Crippen molar-refractivity contribution in [2.24, 2.45) is 0 Å². The van der Waals surface area contributed by atoms with Gasteiger partial charge in [-0.3, -0.25) is 0 Å². The average molecular weight is 375 g/mol. The van der Waals surface area contributed by atoms with Gasteiger partial charge < -0.3 is 9.47 Å². The van der Waals surface area contributed by atoms with Crippen molar-refractivity contribution in [3.05, 3.63) is 25.3 Å². The van der Waals surface area contributed by atoms with E-state index in [1.54, 1.807) is 0 Å². The van der Waals surface area contributed by atoms with Gasteiger partial charge in [-0.05, 0) is 25.7 Å². The Morgan fingerprint density at radius 3 is 1.42 bits per heavy atom. The van der Waals surface area contributed by atoms with Gasteiger partial charge >= 0.3 is 11.9 Å². The average Bonchev–Trinajstić information content (AvgIpc) is 2.60. The van der Waals surface area contributed by atoms with E-state index in [0.717, 1.165) is 25.7 Å². The fourth-order valence-corrected chi connectivity index (χ4v) is 4.11. The third kappa shape index (κ3) is 17.5. The zero-order chi connectivity index (χ0) is 17.9. The first-order valence-corrected chi connectivity index (χ1v) is 11.0. The first-order chi connectivity index (χ1) is 11.7. The van der Waals surface area contributed by atoms with E-state index in [1.165, 1.54) is 49.3 Å². The number of carbonyl (C=O) groups is 2. The van der Waals surface area contributed by atoms with Gasteiger partial charge in [0.25, 0.3) is 0 Å². The van der Waals surface area contributed by atoms with Crippen LogP contribution in [0.3, 0.4) is 0 Å². The molecule has 0 fully saturated rings. The van der Waals surface area contributed by atoms with Gasteiger partial charge in [-0.25, -0.2) is 9.59 Å². The van der Waals surface area contributed by atoms with Gasteiger partial charge in [-0.15, -0.1) is 0 Å². The lowest BCUT2D eigenvalue weighted by Gasteiger charge is -2.04.